The highest BCUT2D eigenvalue weighted by atomic mass is 16.5. The van der Waals surface area contributed by atoms with Gasteiger partial charge in [-0.2, -0.15) is 5.10 Å². The maximum absolute atomic E-state index is 5.63. The average molecular weight is 289 g/mol. The summed E-state index contributed by atoms with van der Waals surface area (Å²) >= 11 is 0. The van der Waals surface area contributed by atoms with Crippen molar-refractivity contribution in [3.05, 3.63) is 35.7 Å². The van der Waals surface area contributed by atoms with Crippen LogP contribution in [0.15, 0.2) is 24.3 Å². The molecule has 0 amide bonds. The van der Waals surface area contributed by atoms with Gasteiger partial charge in [0.2, 0.25) is 0 Å². The zero-order valence-corrected chi connectivity index (χ0v) is 13.1. The molecule has 5 nitrogen and oxygen atoms in total. The topological polar surface area (TPSA) is 48.3 Å². The molecule has 1 heterocycles. The number of aryl methyl sites for hydroxylation is 2. The predicted molar refractivity (Wildman–Crippen MR) is 84.1 cm³/mol. The van der Waals surface area contributed by atoms with Crippen molar-refractivity contribution in [3.63, 3.8) is 0 Å². The summed E-state index contributed by atoms with van der Waals surface area (Å²) in [6.45, 7) is 7.89. The van der Waals surface area contributed by atoms with Crippen LogP contribution < -0.4 is 14.8 Å². The van der Waals surface area contributed by atoms with E-state index >= 15 is 0 Å². The van der Waals surface area contributed by atoms with E-state index in [-0.39, 0.29) is 0 Å². The van der Waals surface area contributed by atoms with Crippen molar-refractivity contribution < 1.29 is 9.47 Å². The third kappa shape index (κ3) is 3.90. The lowest BCUT2D eigenvalue weighted by Crippen LogP contribution is -2.06. The lowest BCUT2D eigenvalue weighted by Gasteiger charge is -2.13. The number of nitrogens with one attached hydrogen (secondary N) is 1. The molecule has 0 aliphatic carbocycles. The summed E-state index contributed by atoms with van der Waals surface area (Å²) in [6.07, 6.45) is 0. The third-order valence-corrected chi connectivity index (χ3v) is 3.12. The summed E-state index contributed by atoms with van der Waals surface area (Å²) in [6, 6.07) is 7.98. The van der Waals surface area contributed by atoms with Crippen molar-refractivity contribution in [2.24, 2.45) is 7.05 Å². The molecule has 0 saturated heterocycles. The molecule has 114 valence electrons. The van der Waals surface area contributed by atoms with Crippen molar-refractivity contribution in [2.45, 2.75) is 27.3 Å². The summed E-state index contributed by atoms with van der Waals surface area (Å²) in [5.41, 5.74) is 3.16. The second-order valence-electron chi connectivity index (χ2n) is 4.78. The smallest absolute Gasteiger partial charge is 0.163 e. The Morgan fingerprint density at radius 2 is 1.81 bits per heavy atom. The van der Waals surface area contributed by atoms with Gasteiger partial charge in [0.25, 0.3) is 0 Å². The number of hydrogen-bond donors (Lipinski definition) is 1. The van der Waals surface area contributed by atoms with Crippen LogP contribution in [-0.4, -0.2) is 23.0 Å². The zero-order chi connectivity index (χ0) is 15.2. The number of ether oxygens (including phenoxy) is 2. The Morgan fingerprint density at radius 1 is 1.10 bits per heavy atom. The van der Waals surface area contributed by atoms with Crippen molar-refractivity contribution in [3.8, 4) is 11.5 Å². The maximum Gasteiger partial charge on any atom is 0.163 e. The predicted octanol–water partition coefficient (Wildman–Crippen LogP) is 3.14. The highest BCUT2D eigenvalue weighted by molar-refractivity contribution is 5.54. The Kier molecular flexibility index (Phi) is 5.09. The minimum Gasteiger partial charge on any atom is -0.490 e. The van der Waals surface area contributed by atoms with Gasteiger partial charge in [-0.05, 0) is 39.0 Å². The van der Waals surface area contributed by atoms with Gasteiger partial charge in [-0.15, -0.1) is 0 Å². The van der Waals surface area contributed by atoms with Gasteiger partial charge in [0.15, 0.2) is 11.5 Å². The highest BCUT2D eigenvalue weighted by Gasteiger charge is 2.07. The molecular weight excluding hydrogens is 266 g/mol. The fraction of sp³-hybridized carbons (Fsp3) is 0.438. The lowest BCUT2D eigenvalue weighted by atomic mass is 10.2. The molecule has 0 fully saturated rings. The van der Waals surface area contributed by atoms with E-state index in [0.717, 1.165) is 35.1 Å². The monoisotopic (exact) mass is 289 g/mol. The molecule has 1 aromatic carbocycles. The minimum atomic E-state index is 0.616. The van der Waals surface area contributed by atoms with Gasteiger partial charge in [0, 0.05) is 18.8 Å². The standard InChI is InChI=1S/C16H23N3O2/c1-5-20-15-8-7-13(10-16(15)21-6-2)17-11-14-9-12(3)18-19(14)4/h7-10,17H,5-6,11H2,1-4H3. The van der Waals surface area contributed by atoms with Gasteiger partial charge in [-0.25, -0.2) is 0 Å². The van der Waals surface area contributed by atoms with Gasteiger partial charge in [-0.3, -0.25) is 4.68 Å². The molecular formula is C16H23N3O2. The fourth-order valence-electron chi connectivity index (χ4n) is 2.18. The van der Waals surface area contributed by atoms with E-state index < -0.39 is 0 Å². The normalized spacial score (nSPS) is 10.5. The van der Waals surface area contributed by atoms with Gasteiger partial charge in [0.1, 0.15) is 0 Å². The first-order valence-corrected chi connectivity index (χ1v) is 7.27. The number of benzene rings is 1. The van der Waals surface area contributed by atoms with Crippen LogP contribution in [0, 0.1) is 6.92 Å². The third-order valence-electron chi connectivity index (χ3n) is 3.12. The average Bonchev–Trinajstić information content (AvgIpc) is 2.78. The second-order valence-corrected chi connectivity index (χ2v) is 4.78. The van der Waals surface area contributed by atoms with E-state index in [4.69, 9.17) is 9.47 Å². The summed E-state index contributed by atoms with van der Waals surface area (Å²) in [7, 11) is 1.95. The first-order valence-electron chi connectivity index (χ1n) is 7.27. The van der Waals surface area contributed by atoms with E-state index in [0.29, 0.717) is 13.2 Å². The van der Waals surface area contributed by atoms with Crippen LogP contribution in [0.1, 0.15) is 25.2 Å². The van der Waals surface area contributed by atoms with Crippen molar-refractivity contribution in [1.82, 2.24) is 9.78 Å². The molecule has 1 aromatic heterocycles. The molecule has 0 unspecified atom stereocenters. The second kappa shape index (κ2) is 7.02. The van der Waals surface area contributed by atoms with Crippen LogP contribution in [0.4, 0.5) is 5.69 Å². The van der Waals surface area contributed by atoms with Crippen LogP contribution in [0.2, 0.25) is 0 Å². The quantitative estimate of drug-likeness (QED) is 0.850. The van der Waals surface area contributed by atoms with Gasteiger partial charge in [0.05, 0.1) is 31.1 Å². The first-order chi connectivity index (χ1) is 10.1. The van der Waals surface area contributed by atoms with Gasteiger partial charge >= 0.3 is 0 Å². The molecule has 1 N–H and O–H groups in total. The Hall–Kier alpha value is -2.17. The van der Waals surface area contributed by atoms with E-state index in [9.17, 15) is 0 Å². The Morgan fingerprint density at radius 3 is 2.43 bits per heavy atom. The zero-order valence-electron chi connectivity index (χ0n) is 13.1. The van der Waals surface area contributed by atoms with E-state index in [2.05, 4.69) is 16.5 Å². The van der Waals surface area contributed by atoms with Crippen LogP contribution in [0.5, 0.6) is 11.5 Å². The van der Waals surface area contributed by atoms with Crippen LogP contribution in [0.25, 0.3) is 0 Å². The maximum atomic E-state index is 5.63. The summed E-state index contributed by atoms with van der Waals surface area (Å²) in [5, 5.41) is 7.73. The number of anilines is 1. The fourth-order valence-corrected chi connectivity index (χ4v) is 2.18. The minimum absolute atomic E-state index is 0.616. The van der Waals surface area contributed by atoms with Crippen molar-refractivity contribution in [1.29, 1.82) is 0 Å². The molecule has 0 aliphatic heterocycles. The highest BCUT2D eigenvalue weighted by Crippen LogP contribution is 2.30. The molecule has 0 spiro atoms. The molecule has 2 aromatic rings. The van der Waals surface area contributed by atoms with Gasteiger partial charge < -0.3 is 14.8 Å². The summed E-state index contributed by atoms with van der Waals surface area (Å²) in [4.78, 5) is 0. The molecule has 0 aliphatic rings. The van der Waals surface area contributed by atoms with Crippen LogP contribution in [-0.2, 0) is 13.6 Å². The molecule has 21 heavy (non-hydrogen) atoms. The number of rotatable bonds is 7. The molecule has 0 atom stereocenters. The number of aromatic nitrogens is 2. The number of nitrogens with zero attached hydrogens (tertiary/aromatic N) is 2. The van der Waals surface area contributed by atoms with Crippen molar-refractivity contribution in [2.75, 3.05) is 18.5 Å². The van der Waals surface area contributed by atoms with Crippen LogP contribution in [0.3, 0.4) is 0 Å². The molecule has 2 rings (SSSR count). The van der Waals surface area contributed by atoms with E-state index in [1.165, 1.54) is 0 Å². The molecule has 0 radical (unpaired) electrons. The van der Waals surface area contributed by atoms with Crippen molar-refractivity contribution >= 4 is 5.69 Å². The van der Waals surface area contributed by atoms with Gasteiger partial charge in [-0.1, -0.05) is 0 Å². The largest absolute Gasteiger partial charge is 0.490 e. The summed E-state index contributed by atoms with van der Waals surface area (Å²) in [5.74, 6) is 1.55. The van der Waals surface area contributed by atoms with E-state index in [1.54, 1.807) is 0 Å². The van der Waals surface area contributed by atoms with E-state index in [1.807, 2.05) is 50.7 Å². The Labute approximate surface area is 125 Å². The summed E-state index contributed by atoms with van der Waals surface area (Å²) < 4.78 is 13.1. The lowest BCUT2D eigenvalue weighted by molar-refractivity contribution is 0.288. The van der Waals surface area contributed by atoms with Crippen LogP contribution >= 0.6 is 0 Å². The Bertz CT molecular complexity index is 593. The molecule has 5 heteroatoms. The first kappa shape index (κ1) is 15.2. The molecule has 0 saturated carbocycles. The SMILES string of the molecule is CCOc1ccc(NCc2cc(C)nn2C)cc1OCC. The number of hydrogen-bond acceptors (Lipinski definition) is 4. The Balaban J connectivity index is 2.09. The molecule has 0 bridgehead atoms.